The zero-order chi connectivity index (χ0) is 15.4. The predicted octanol–water partition coefficient (Wildman–Crippen LogP) is 4.42. The van der Waals surface area contributed by atoms with Crippen molar-refractivity contribution in [3.05, 3.63) is 64.5 Å². The molecule has 0 bridgehead atoms. The Bertz CT molecular complexity index is 753. The maximum absolute atomic E-state index is 5.35. The van der Waals surface area contributed by atoms with E-state index in [1.165, 1.54) is 5.56 Å². The van der Waals surface area contributed by atoms with Crippen LogP contribution in [0.1, 0.15) is 10.6 Å². The summed E-state index contributed by atoms with van der Waals surface area (Å²) in [7, 11) is 3.28. The quantitative estimate of drug-likeness (QED) is 0.699. The molecule has 0 amide bonds. The number of methoxy groups -OCH3 is 2. The Morgan fingerprint density at radius 3 is 2.45 bits per heavy atom. The molecule has 0 atom stereocenters. The van der Waals surface area contributed by atoms with Crippen molar-refractivity contribution in [1.29, 1.82) is 0 Å². The van der Waals surface area contributed by atoms with Crippen LogP contribution in [0.15, 0.2) is 53.9 Å². The van der Waals surface area contributed by atoms with Crippen LogP contribution in [0, 0.1) is 0 Å². The van der Waals surface area contributed by atoms with E-state index < -0.39 is 0 Å². The van der Waals surface area contributed by atoms with E-state index in [-0.39, 0.29) is 0 Å². The van der Waals surface area contributed by atoms with Crippen LogP contribution in [0.5, 0.6) is 11.5 Å². The van der Waals surface area contributed by atoms with Crippen molar-refractivity contribution < 1.29 is 9.47 Å². The molecule has 0 N–H and O–H groups in total. The highest BCUT2D eigenvalue weighted by molar-refractivity contribution is 7.10. The molecular weight excluding hydrogens is 294 g/mol. The van der Waals surface area contributed by atoms with Gasteiger partial charge in [-0.1, -0.05) is 30.3 Å². The van der Waals surface area contributed by atoms with E-state index in [0.717, 1.165) is 34.2 Å². The topological polar surface area (TPSA) is 31.4 Å². The van der Waals surface area contributed by atoms with E-state index in [1.54, 1.807) is 25.6 Å². The van der Waals surface area contributed by atoms with Gasteiger partial charge in [0.05, 0.1) is 24.9 Å². The molecule has 22 heavy (non-hydrogen) atoms. The molecule has 0 radical (unpaired) electrons. The van der Waals surface area contributed by atoms with Crippen LogP contribution in [-0.4, -0.2) is 19.2 Å². The van der Waals surface area contributed by atoms with E-state index in [1.807, 2.05) is 24.3 Å². The van der Waals surface area contributed by atoms with Gasteiger partial charge in [0, 0.05) is 17.4 Å². The van der Waals surface area contributed by atoms with Gasteiger partial charge in [0.1, 0.15) is 0 Å². The van der Waals surface area contributed by atoms with Crippen LogP contribution in [0.25, 0.3) is 11.3 Å². The number of aromatic nitrogens is 1. The van der Waals surface area contributed by atoms with Gasteiger partial charge in [0.25, 0.3) is 0 Å². The van der Waals surface area contributed by atoms with Crippen molar-refractivity contribution in [2.75, 3.05) is 14.2 Å². The van der Waals surface area contributed by atoms with Gasteiger partial charge in [0.2, 0.25) is 0 Å². The highest BCUT2D eigenvalue weighted by Crippen LogP contribution is 2.32. The Morgan fingerprint density at radius 2 is 1.73 bits per heavy atom. The van der Waals surface area contributed by atoms with Gasteiger partial charge < -0.3 is 9.47 Å². The number of rotatable bonds is 5. The summed E-state index contributed by atoms with van der Waals surface area (Å²) in [5, 5.41) is 3.19. The number of hydrogen-bond donors (Lipinski definition) is 0. The molecule has 3 rings (SSSR count). The number of benzene rings is 2. The molecule has 4 heteroatoms. The lowest BCUT2D eigenvalue weighted by Crippen LogP contribution is -1.91. The molecule has 1 heterocycles. The summed E-state index contributed by atoms with van der Waals surface area (Å²) >= 11 is 1.68. The average molecular weight is 311 g/mol. The third kappa shape index (κ3) is 3.12. The Balaban J connectivity index is 1.84. The van der Waals surface area contributed by atoms with Gasteiger partial charge in [-0.15, -0.1) is 11.3 Å². The van der Waals surface area contributed by atoms with Crippen molar-refractivity contribution in [3.63, 3.8) is 0 Å². The average Bonchev–Trinajstić information content (AvgIpc) is 3.03. The lowest BCUT2D eigenvalue weighted by molar-refractivity contribution is 0.355. The van der Waals surface area contributed by atoms with E-state index in [0.29, 0.717) is 0 Å². The number of thiazole rings is 1. The standard InChI is InChI=1S/C18H17NO2S/c1-20-16-9-8-14(11-17(16)21-2)15-12-22-18(19-15)10-13-6-4-3-5-7-13/h3-9,11-12H,10H2,1-2H3. The van der Waals surface area contributed by atoms with Gasteiger partial charge in [-0.05, 0) is 23.8 Å². The first-order chi connectivity index (χ1) is 10.8. The highest BCUT2D eigenvalue weighted by atomic mass is 32.1. The van der Waals surface area contributed by atoms with Crippen molar-refractivity contribution in [2.45, 2.75) is 6.42 Å². The van der Waals surface area contributed by atoms with Crippen LogP contribution >= 0.6 is 11.3 Å². The maximum Gasteiger partial charge on any atom is 0.161 e. The second-order valence-electron chi connectivity index (χ2n) is 4.86. The van der Waals surface area contributed by atoms with Crippen molar-refractivity contribution >= 4 is 11.3 Å². The second kappa shape index (κ2) is 6.62. The first-order valence-corrected chi connectivity index (χ1v) is 7.89. The fourth-order valence-electron chi connectivity index (χ4n) is 2.29. The minimum absolute atomic E-state index is 0.720. The smallest absolute Gasteiger partial charge is 0.161 e. The zero-order valence-corrected chi connectivity index (χ0v) is 13.4. The number of ether oxygens (including phenoxy) is 2. The molecule has 112 valence electrons. The highest BCUT2D eigenvalue weighted by Gasteiger charge is 2.09. The summed E-state index contributed by atoms with van der Waals surface area (Å²) in [5.41, 5.74) is 3.28. The minimum atomic E-state index is 0.720. The number of hydrogen-bond acceptors (Lipinski definition) is 4. The Morgan fingerprint density at radius 1 is 0.955 bits per heavy atom. The molecule has 0 saturated heterocycles. The van der Waals surface area contributed by atoms with Crippen LogP contribution in [0.3, 0.4) is 0 Å². The molecule has 0 unspecified atom stereocenters. The fourth-order valence-corrected chi connectivity index (χ4v) is 3.13. The van der Waals surface area contributed by atoms with Gasteiger partial charge in [-0.25, -0.2) is 4.98 Å². The molecule has 0 spiro atoms. The maximum atomic E-state index is 5.35. The van der Waals surface area contributed by atoms with E-state index in [2.05, 4.69) is 29.6 Å². The normalized spacial score (nSPS) is 10.5. The molecule has 0 aliphatic heterocycles. The molecule has 0 saturated carbocycles. The van der Waals surface area contributed by atoms with Crippen molar-refractivity contribution in [1.82, 2.24) is 4.98 Å². The fraction of sp³-hybridized carbons (Fsp3) is 0.167. The molecule has 0 aliphatic carbocycles. The van der Waals surface area contributed by atoms with E-state index >= 15 is 0 Å². The molecule has 3 aromatic rings. The van der Waals surface area contributed by atoms with Crippen molar-refractivity contribution in [2.24, 2.45) is 0 Å². The van der Waals surface area contributed by atoms with Crippen LogP contribution in [0.2, 0.25) is 0 Å². The summed E-state index contributed by atoms with van der Waals surface area (Å²) in [5.74, 6) is 1.45. The molecular formula is C18H17NO2S. The van der Waals surface area contributed by atoms with Gasteiger partial charge in [-0.3, -0.25) is 0 Å². The van der Waals surface area contributed by atoms with Crippen molar-refractivity contribution in [3.8, 4) is 22.8 Å². The summed E-state index contributed by atoms with van der Waals surface area (Å²) in [6, 6.07) is 16.2. The largest absolute Gasteiger partial charge is 0.493 e. The Kier molecular flexibility index (Phi) is 4.39. The Hall–Kier alpha value is -2.33. The summed E-state index contributed by atoms with van der Waals surface area (Å²) in [6.45, 7) is 0. The van der Waals surface area contributed by atoms with Crippen LogP contribution in [-0.2, 0) is 6.42 Å². The molecule has 0 fully saturated rings. The van der Waals surface area contributed by atoms with E-state index in [9.17, 15) is 0 Å². The van der Waals surface area contributed by atoms with E-state index in [4.69, 9.17) is 14.5 Å². The Labute approximate surface area is 134 Å². The van der Waals surface area contributed by atoms with Crippen LogP contribution < -0.4 is 9.47 Å². The van der Waals surface area contributed by atoms with Gasteiger partial charge >= 0.3 is 0 Å². The van der Waals surface area contributed by atoms with Gasteiger partial charge in [-0.2, -0.15) is 0 Å². The first-order valence-electron chi connectivity index (χ1n) is 7.01. The second-order valence-corrected chi connectivity index (χ2v) is 5.80. The SMILES string of the molecule is COc1ccc(-c2csc(Cc3ccccc3)n2)cc1OC. The zero-order valence-electron chi connectivity index (χ0n) is 12.6. The lowest BCUT2D eigenvalue weighted by Gasteiger charge is -2.08. The molecule has 2 aromatic carbocycles. The predicted molar refractivity (Wildman–Crippen MR) is 89.9 cm³/mol. The lowest BCUT2D eigenvalue weighted by atomic mass is 10.1. The molecule has 0 aliphatic rings. The summed E-state index contributed by atoms with van der Waals surface area (Å²) < 4.78 is 10.6. The summed E-state index contributed by atoms with van der Waals surface area (Å²) in [4.78, 5) is 4.73. The van der Waals surface area contributed by atoms with Crippen LogP contribution in [0.4, 0.5) is 0 Å². The minimum Gasteiger partial charge on any atom is -0.493 e. The molecule has 1 aromatic heterocycles. The summed E-state index contributed by atoms with van der Waals surface area (Å²) in [6.07, 6.45) is 0.860. The third-order valence-electron chi connectivity index (χ3n) is 3.43. The monoisotopic (exact) mass is 311 g/mol. The third-order valence-corrected chi connectivity index (χ3v) is 4.28. The first kappa shape index (κ1) is 14.6. The number of nitrogens with zero attached hydrogens (tertiary/aromatic N) is 1. The molecule has 3 nitrogen and oxygen atoms in total. The van der Waals surface area contributed by atoms with Gasteiger partial charge in [0.15, 0.2) is 11.5 Å².